The van der Waals surface area contributed by atoms with E-state index in [4.69, 9.17) is 10.5 Å². The number of nitrogens with one attached hydrogen (secondary N) is 1. The Kier molecular flexibility index (Phi) is 4.21. The summed E-state index contributed by atoms with van der Waals surface area (Å²) in [6, 6.07) is 5.37. The molecule has 3 N–H and O–H groups in total. The molecule has 1 atom stereocenters. The first kappa shape index (κ1) is 14.7. The van der Waals surface area contributed by atoms with Crippen LogP contribution in [-0.2, 0) is 0 Å². The third kappa shape index (κ3) is 3.06. The average Bonchev–Trinajstić information content (AvgIpc) is 2.41. The van der Waals surface area contributed by atoms with E-state index in [2.05, 4.69) is 19.2 Å². The lowest BCUT2D eigenvalue weighted by Crippen LogP contribution is -2.46. The van der Waals surface area contributed by atoms with Gasteiger partial charge in [0.15, 0.2) is 0 Å². The number of carbonyl (C=O) groups is 1. The molecule has 2 rings (SSSR count). The number of methoxy groups -OCH3 is 1. The predicted molar refractivity (Wildman–Crippen MR) is 80.9 cm³/mol. The molecule has 0 spiro atoms. The van der Waals surface area contributed by atoms with E-state index in [1.807, 2.05) is 0 Å². The predicted octanol–water partition coefficient (Wildman–Crippen LogP) is 2.98. The summed E-state index contributed by atoms with van der Waals surface area (Å²) >= 11 is 0. The van der Waals surface area contributed by atoms with Crippen molar-refractivity contribution < 1.29 is 9.53 Å². The minimum Gasteiger partial charge on any atom is -0.497 e. The molecule has 0 aliphatic heterocycles. The molecule has 1 aromatic rings. The topological polar surface area (TPSA) is 64.3 Å². The summed E-state index contributed by atoms with van der Waals surface area (Å²) in [6.45, 7) is 4.43. The third-order valence-electron chi connectivity index (χ3n) is 4.32. The van der Waals surface area contributed by atoms with Crippen LogP contribution >= 0.6 is 0 Å². The van der Waals surface area contributed by atoms with Gasteiger partial charge in [0, 0.05) is 11.7 Å². The summed E-state index contributed by atoms with van der Waals surface area (Å²) in [5.41, 5.74) is 7.02. The van der Waals surface area contributed by atoms with Crippen molar-refractivity contribution in [2.75, 3.05) is 12.8 Å². The van der Waals surface area contributed by atoms with Crippen LogP contribution in [0.4, 0.5) is 5.69 Å². The molecule has 0 bridgehead atoms. The van der Waals surface area contributed by atoms with Crippen LogP contribution in [-0.4, -0.2) is 19.1 Å². The zero-order valence-corrected chi connectivity index (χ0v) is 12.5. The highest BCUT2D eigenvalue weighted by molar-refractivity contribution is 5.99. The van der Waals surface area contributed by atoms with Gasteiger partial charge in [-0.15, -0.1) is 0 Å². The van der Waals surface area contributed by atoms with Crippen molar-refractivity contribution in [1.82, 2.24) is 5.32 Å². The molecular formula is C16H24N2O2. The number of nitrogen functional groups attached to an aromatic ring is 1. The largest absolute Gasteiger partial charge is 0.497 e. The van der Waals surface area contributed by atoms with Gasteiger partial charge in [0.25, 0.3) is 5.91 Å². The zero-order chi connectivity index (χ0) is 14.8. The smallest absolute Gasteiger partial charge is 0.253 e. The van der Waals surface area contributed by atoms with Crippen LogP contribution in [0, 0.1) is 5.41 Å². The monoisotopic (exact) mass is 276 g/mol. The summed E-state index contributed by atoms with van der Waals surface area (Å²) in [7, 11) is 1.58. The Hall–Kier alpha value is -1.71. The first-order chi connectivity index (χ1) is 9.44. The number of amides is 1. The van der Waals surface area contributed by atoms with Gasteiger partial charge in [-0.2, -0.15) is 0 Å². The average molecular weight is 276 g/mol. The highest BCUT2D eigenvalue weighted by Crippen LogP contribution is 2.35. The molecule has 0 aromatic heterocycles. The summed E-state index contributed by atoms with van der Waals surface area (Å²) in [6.07, 6.45) is 4.58. The highest BCUT2D eigenvalue weighted by atomic mass is 16.5. The molecule has 20 heavy (non-hydrogen) atoms. The molecule has 0 heterocycles. The van der Waals surface area contributed by atoms with E-state index < -0.39 is 0 Å². The maximum Gasteiger partial charge on any atom is 0.253 e. The molecule has 1 aliphatic carbocycles. The van der Waals surface area contributed by atoms with E-state index in [9.17, 15) is 4.79 Å². The van der Waals surface area contributed by atoms with E-state index in [-0.39, 0.29) is 17.4 Å². The molecule has 1 fully saturated rings. The van der Waals surface area contributed by atoms with Gasteiger partial charge in [-0.05, 0) is 36.5 Å². The first-order valence-corrected chi connectivity index (χ1v) is 7.18. The van der Waals surface area contributed by atoms with Gasteiger partial charge >= 0.3 is 0 Å². The second-order valence-corrected chi connectivity index (χ2v) is 6.21. The highest BCUT2D eigenvalue weighted by Gasteiger charge is 2.33. The fourth-order valence-electron chi connectivity index (χ4n) is 2.86. The molecule has 0 saturated heterocycles. The lowest BCUT2D eigenvalue weighted by molar-refractivity contribution is 0.0854. The van der Waals surface area contributed by atoms with Gasteiger partial charge in [-0.25, -0.2) is 0 Å². The van der Waals surface area contributed by atoms with Crippen molar-refractivity contribution in [3.8, 4) is 5.75 Å². The number of rotatable bonds is 3. The standard InChI is InChI=1S/C16H24N2O2/c1-16(2)9-5-4-6-14(16)18-15(19)12-10-11(20-3)7-8-13(12)17/h7-8,10,14H,4-6,9,17H2,1-3H3,(H,18,19). The van der Waals surface area contributed by atoms with Crippen LogP contribution < -0.4 is 15.8 Å². The maximum atomic E-state index is 12.4. The minimum atomic E-state index is -0.110. The summed E-state index contributed by atoms with van der Waals surface area (Å²) in [4.78, 5) is 12.4. The molecule has 1 aliphatic rings. The lowest BCUT2D eigenvalue weighted by atomic mass is 9.73. The van der Waals surface area contributed by atoms with Gasteiger partial charge in [-0.3, -0.25) is 4.79 Å². The number of hydrogen-bond acceptors (Lipinski definition) is 3. The Labute approximate surface area is 120 Å². The molecule has 1 amide bonds. The van der Waals surface area contributed by atoms with Gasteiger partial charge in [0.1, 0.15) is 5.75 Å². The normalized spacial score (nSPS) is 21.2. The number of carbonyl (C=O) groups excluding carboxylic acids is 1. The van der Waals surface area contributed by atoms with Crippen LogP contribution in [0.3, 0.4) is 0 Å². The van der Waals surface area contributed by atoms with Crippen molar-refractivity contribution in [2.45, 2.75) is 45.6 Å². The van der Waals surface area contributed by atoms with E-state index in [1.165, 1.54) is 12.8 Å². The van der Waals surface area contributed by atoms with E-state index >= 15 is 0 Å². The molecule has 1 unspecified atom stereocenters. The van der Waals surface area contributed by atoms with Crippen molar-refractivity contribution in [1.29, 1.82) is 0 Å². The summed E-state index contributed by atoms with van der Waals surface area (Å²) in [5, 5.41) is 3.14. The number of nitrogens with two attached hydrogens (primary N) is 1. The molecule has 1 saturated carbocycles. The van der Waals surface area contributed by atoms with Crippen LogP contribution in [0.25, 0.3) is 0 Å². The fourth-order valence-corrected chi connectivity index (χ4v) is 2.86. The number of ether oxygens (including phenoxy) is 1. The van der Waals surface area contributed by atoms with Crippen LogP contribution in [0.1, 0.15) is 49.9 Å². The van der Waals surface area contributed by atoms with Crippen molar-refractivity contribution in [3.63, 3.8) is 0 Å². The molecule has 4 heteroatoms. The Bertz CT molecular complexity index is 497. The second-order valence-electron chi connectivity index (χ2n) is 6.21. The van der Waals surface area contributed by atoms with Gasteiger partial charge in [0.2, 0.25) is 0 Å². The van der Waals surface area contributed by atoms with Crippen molar-refractivity contribution in [2.24, 2.45) is 5.41 Å². The molecule has 110 valence electrons. The molecule has 0 radical (unpaired) electrons. The zero-order valence-electron chi connectivity index (χ0n) is 12.5. The Morgan fingerprint density at radius 3 is 2.80 bits per heavy atom. The number of anilines is 1. The SMILES string of the molecule is COc1ccc(N)c(C(=O)NC2CCCCC2(C)C)c1. The number of benzene rings is 1. The van der Waals surface area contributed by atoms with E-state index in [0.717, 1.165) is 12.8 Å². The third-order valence-corrected chi connectivity index (χ3v) is 4.32. The Morgan fingerprint density at radius 2 is 2.15 bits per heavy atom. The van der Waals surface area contributed by atoms with Crippen LogP contribution in [0.5, 0.6) is 5.75 Å². The second kappa shape index (κ2) is 5.73. The number of hydrogen-bond donors (Lipinski definition) is 2. The first-order valence-electron chi connectivity index (χ1n) is 7.18. The van der Waals surface area contributed by atoms with Crippen LogP contribution in [0.15, 0.2) is 18.2 Å². The van der Waals surface area contributed by atoms with Gasteiger partial charge in [0.05, 0.1) is 12.7 Å². The quantitative estimate of drug-likeness (QED) is 0.834. The summed E-state index contributed by atoms with van der Waals surface area (Å²) < 4.78 is 5.16. The van der Waals surface area contributed by atoms with Crippen LogP contribution in [0.2, 0.25) is 0 Å². The lowest BCUT2D eigenvalue weighted by Gasteiger charge is -2.39. The van der Waals surface area contributed by atoms with E-state index in [1.54, 1.807) is 25.3 Å². The van der Waals surface area contributed by atoms with E-state index in [0.29, 0.717) is 17.0 Å². The van der Waals surface area contributed by atoms with Gasteiger partial charge < -0.3 is 15.8 Å². The minimum absolute atomic E-state index is 0.110. The Balaban J connectivity index is 2.15. The van der Waals surface area contributed by atoms with Crippen molar-refractivity contribution >= 4 is 11.6 Å². The van der Waals surface area contributed by atoms with Crippen molar-refractivity contribution in [3.05, 3.63) is 23.8 Å². The maximum absolute atomic E-state index is 12.4. The molecule has 4 nitrogen and oxygen atoms in total. The fraction of sp³-hybridized carbons (Fsp3) is 0.562. The molecule has 1 aromatic carbocycles. The summed E-state index contributed by atoms with van der Waals surface area (Å²) in [5.74, 6) is 0.536. The Morgan fingerprint density at radius 1 is 1.40 bits per heavy atom. The molecular weight excluding hydrogens is 252 g/mol. The van der Waals surface area contributed by atoms with Gasteiger partial charge in [-0.1, -0.05) is 26.7 Å².